The van der Waals surface area contributed by atoms with Crippen molar-refractivity contribution in [1.29, 1.82) is 0 Å². The fourth-order valence-electron chi connectivity index (χ4n) is 3.19. The number of rotatable bonds is 2. The summed E-state index contributed by atoms with van der Waals surface area (Å²) in [5.41, 5.74) is 0. The first-order valence-electron chi connectivity index (χ1n) is 7.09. The Kier molecular flexibility index (Phi) is 4.13. The summed E-state index contributed by atoms with van der Waals surface area (Å²) in [5, 5.41) is 8.91. The minimum Gasteiger partial charge on any atom is -0.479 e. The van der Waals surface area contributed by atoms with Crippen LogP contribution in [-0.2, 0) is 14.3 Å². The van der Waals surface area contributed by atoms with Crippen LogP contribution in [0.25, 0.3) is 0 Å². The predicted molar refractivity (Wildman–Crippen MR) is 69.7 cm³/mol. The molecule has 5 atom stereocenters. The molecule has 2 aliphatic heterocycles. The van der Waals surface area contributed by atoms with Crippen LogP contribution in [0.2, 0.25) is 0 Å². The number of carboxylic acid groups (broad SMARTS) is 1. The average Bonchev–Trinajstić information content (AvgIpc) is 2.82. The Hall–Kier alpha value is -1.10. The quantitative estimate of drug-likeness (QED) is 0.825. The third-order valence-electron chi connectivity index (χ3n) is 4.45. The third kappa shape index (κ3) is 2.91. The molecule has 108 valence electrons. The van der Waals surface area contributed by atoms with Gasteiger partial charge in [0, 0.05) is 12.6 Å². The average molecular weight is 269 g/mol. The molecule has 2 aliphatic rings. The topological polar surface area (TPSA) is 66.8 Å². The monoisotopic (exact) mass is 269 g/mol. The lowest BCUT2D eigenvalue weighted by Gasteiger charge is -2.42. The number of hydrogen-bond acceptors (Lipinski definition) is 3. The highest BCUT2D eigenvalue weighted by molar-refractivity contribution is 5.83. The first-order chi connectivity index (χ1) is 8.90. The maximum atomic E-state index is 12.5. The van der Waals surface area contributed by atoms with E-state index in [1.165, 1.54) is 0 Å². The molecule has 1 N–H and O–H groups in total. The molecule has 2 rings (SSSR count). The molecular weight excluding hydrogens is 246 g/mol. The lowest BCUT2D eigenvalue weighted by molar-refractivity contribution is -0.157. The standard InChI is InChI=1S/C14H23NO4/c1-8-6-9(2)10(3)15(7-8)13(16)11-4-5-12(19-11)14(17)18/h8-12H,4-7H2,1-3H3,(H,17,18)/t8?,9?,10?,11-,12+/m0/s1. The van der Waals surface area contributed by atoms with Crippen molar-refractivity contribution in [3.05, 3.63) is 0 Å². The number of amides is 1. The second-order valence-corrected chi connectivity index (χ2v) is 6.08. The molecule has 0 spiro atoms. The van der Waals surface area contributed by atoms with Crippen LogP contribution in [0, 0.1) is 11.8 Å². The summed E-state index contributed by atoms with van der Waals surface area (Å²) in [4.78, 5) is 25.2. The molecule has 19 heavy (non-hydrogen) atoms. The summed E-state index contributed by atoms with van der Waals surface area (Å²) in [5.74, 6) is -0.0328. The van der Waals surface area contributed by atoms with Crippen LogP contribution in [0.1, 0.15) is 40.0 Å². The van der Waals surface area contributed by atoms with Crippen molar-refractivity contribution < 1.29 is 19.4 Å². The van der Waals surface area contributed by atoms with Gasteiger partial charge in [0.1, 0.15) is 6.10 Å². The van der Waals surface area contributed by atoms with E-state index in [9.17, 15) is 9.59 Å². The molecule has 5 nitrogen and oxygen atoms in total. The molecule has 0 aromatic carbocycles. The number of ether oxygens (including phenoxy) is 1. The Labute approximate surface area is 113 Å². The third-order valence-corrected chi connectivity index (χ3v) is 4.45. The molecule has 0 aromatic heterocycles. The van der Waals surface area contributed by atoms with Gasteiger partial charge >= 0.3 is 5.97 Å². The van der Waals surface area contributed by atoms with Gasteiger partial charge in [0.25, 0.3) is 5.91 Å². The minimum atomic E-state index is -0.969. The summed E-state index contributed by atoms with van der Waals surface area (Å²) in [6, 6.07) is 0.205. The molecule has 0 aliphatic carbocycles. The van der Waals surface area contributed by atoms with Crippen LogP contribution in [0.4, 0.5) is 0 Å². The summed E-state index contributed by atoms with van der Waals surface area (Å²) in [6.45, 7) is 7.13. The van der Waals surface area contributed by atoms with Crippen LogP contribution in [0.3, 0.4) is 0 Å². The molecular formula is C14H23NO4. The Morgan fingerprint density at radius 1 is 1.16 bits per heavy atom. The maximum absolute atomic E-state index is 12.5. The van der Waals surface area contributed by atoms with Crippen molar-refractivity contribution in [3.8, 4) is 0 Å². The molecule has 1 amide bonds. The normalized spacial score (nSPS) is 39.3. The number of piperidine rings is 1. The van der Waals surface area contributed by atoms with E-state index in [1.54, 1.807) is 0 Å². The first kappa shape index (κ1) is 14.3. The van der Waals surface area contributed by atoms with Crippen molar-refractivity contribution >= 4 is 11.9 Å². The van der Waals surface area contributed by atoms with Gasteiger partial charge in [-0.25, -0.2) is 4.79 Å². The molecule has 0 bridgehead atoms. The zero-order valence-corrected chi connectivity index (χ0v) is 11.8. The lowest BCUT2D eigenvalue weighted by atomic mass is 9.85. The molecule has 0 aromatic rings. The summed E-state index contributed by atoms with van der Waals surface area (Å²) < 4.78 is 5.37. The van der Waals surface area contributed by atoms with E-state index in [-0.39, 0.29) is 11.9 Å². The molecule has 2 heterocycles. The largest absolute Gasteiger partial charge is 0.479 e. The lowest BCUT2D eigenvalue weighted by Crippen LogP contribution is -2.52. The van der Waals surface area contributed by atoms with Gasteiger partial charge in [-0.1, -0.05) is 13.8 Å². The number of hydrogen-bond donors (Lipinski definition) is 1. The minimum absolute atomic E-state index is 0.0327. The summed E-state index contributed by atoms with van der Waals surface area (Å²) in [7, 11) is 0. The second kappa shape index (κ2) is 5.49. The fraction of sp³-hybridized carbons (Fsp3) is 0.857. The molecule has 2 saturated heterocycles. The Morgan fingerprint density at radius 2 is 1.79 bits per heavy atom. The first-order valence-corrected chi connectivity index (χ1v) is 7.09. The van der Waals surface area contributed by atoms with E-state index in [0.29, 0.717) is 24.7 Å². The SMILES string of the molecule is CC1CC(C)C(C)N(C(=O)[C@@H]2CC[C@H](C(=O)O)O2)C1. The summed E-state index contributed by atoms with van der Waals surface area (Å²) in [6.07, 6.45) is 0.694. The van der Waals surface area contributed by atoms with E-state index >= 15 is 0 Å². The van der Waals surface area contributed by atoms with Gasteiger partial charge in [0.15, 0.2) is 6.10 Å². The van der Waals surface area contributed by atoms with Crippen molar-refractivity contribution in [2.24, 2.45) is 11.8 Å². The van der Waals surface area contributed by atoms with Crippen molar-refractivity contribution in [2.75, 3.05) is 6.54 Å². The van der Waals surface area contributed by atoms with Gasteiger partial charge in [-0.05, 0) is 38.0 Å². The molecule has 5 heteroatoms. The van der Waals surface area contributed by atoms with Gasteiger partial charge in [-0.15, -0.1) is 0 Å². The zero-order chi connectivity index (χ0) is 14.2. The van der Waals surface area contributed by atoms with Gasteiger partial charge < -0.3 is 14.7 Å². The highest BCUT2D eigenvalue weighted by Gasteiger charge is 2.40. The van der Waals surface area contributed by atoms with Crippen molar-refractivity contribution in [1.82, 2.24) is 4.90 Å². The number of carbonyl (C=O) groups is 2. The molecule has 2 fully saturated rings. The fourth-order valence-corrected chi connectivity index (χ4v) is 3.19. The highest BCUT2D eigenvalue weighted by atomic mass is 16.5. The molecule has 0 saturated carbocycles. The van der Waals surface area contributed by atoms with Crippen LogP contribution in [-0.4, -0.2) is 46.7 Å². The highest BCUT2D eigenvalue weighted by Crippen LogP contribution is 2.30. The van der Waals surface area contributed by atoms with Crippen LogP contribution >= 0.6 is 0 Å². The Bertz CT molecular complexity index is 370. The van der Waals surface area contributed by atoms with Crippen molar-refractivity contribution in [2.45, 2.75) is 58.3 Å². The van der Waals surface area contributed by atoms with Gasteiger partial charge in [-0.3, -0.25) is 4.79 Å². The van der Waals surface area contributed by atoms with Gasteiger partial charge in [0.05, 0.1) is 0 Å². The molecule has 3 unspecified atom stereocenters. The van der Waals surface area contributed by atoms with E-state index in [2.05, 4.69) is 20.8 Å². The number of likely N-dealkylation sites (tertiary alicyclic amines) is 1. The van der Waals surface area contributed by atoms with Crippen molar-refractivity contribution in [3.63, 3.8) is 0 Å². The Balaban J connectivity index is 2.01. The molecule has 0 radical (unpaired) electrons. The van der Waals surface area contributed by atoms with E-state index in [1.807, 2.05) is 4.90 Å². The zero-order valence-electron chi connectivity index (χ0n) is 11.8. The van der Waals surface area contributed by atoms with E-state index in [0.717, 1.165) is 13.0 Å². The van der Waals surface area contributed by atoms with Crippen LogP contribution in [0.15, 0.2) is 0 Å². The van der Waals surface area contributed by atoms with Crippen LogP contribution in [0.5, 0.6) is 0 Å². The second-order valence-electron chi connectivity index (χ2n) is 6.08. The maximum Gasteiger partial charge on any atom is 0.332 e. The number of carboxylic acids is 1. The number of nitrogens with zero attached hydrogens (tertiary/aromatic N) is 1. The van der Waals surface area contributed by atoms with Gasteiger partial charge in [0.2, 0.25) is 0 Å². The number of aliphatic carboxylic acids is 1. The van der Waals surface area contributed by atoms with E-state index < -0.39 is 18.2 Å². The number of carbonyl (C=O) groups excluding carboxylic acids is 1. The smallest absolute Gasteiger partial charge is 0.332 e. The summed E-state index contributed by atoms with van der Waals surface area (Å²) >= 11 is 0. The Morgan fingerprint density at radius 3 is 2.37 bits per heavy atom. The predicted octanol–water partition coefficient (Wildman–Crippen LogP) is 1.51. The van der Waals surface area contributed by atoms with Gasteiger partial charge in [-0.2, -0.15) is 0 Å². The van der Waals surface area contributed by atoms with Crippen LogP contribution < -0.4 is 0 Å². The van der Waals surface area contributed by atoms with E-state index in [4.69, 9.17) is 9.84 Å².